The van der Waals surface area contributed by atoms with Crippen molar-refractivity contribution in [3.8, 4) is 0 Å². The molecule has 3 N–H and O–H groups in total. The van der Waals surface area contributed by atoms with E-state index in [4.69, 9.17) is 28.2 Å². The van der Waals surface area contributed by atoms with Crippen LogP contribution in [0.5, 0.6) is 0 Å². The summed E-state index contributed by atoms with van der Waals surface area (Å²) in [4.78, 5) is 24.1. The zero-order valence-corrected chi connectivity index (χ0v) is 15.4. The van der Waals surface area contributed by atoms with E-state index < -0.39 is 5.91 Å². The van der Waals surface area contributed by atoms with Gasteiger partial charge in [0.2, 0.25) is 0 Å². The van der Waals surface area contributed by atoms with Gasteiger partial charge >= 0.3 is 0 Å². The number of thiocarbonyl (C=S) groups is 1. The minimum Gasteiger partial charge on any atom is -0.459 e. The van der Waals surface area contributed by atoms with E-state index in [9.17, 15) is 9.59 Å². The van der Waals surface area contributed by atoms with E-state index >= 15 is 0 Å². The first kappa shape index (κ1) is 18.6. The first-order valence-corrected chi connectivity index (χ1v) is 8.63. The first-order chi connectivity index (χ1) is 13.0. The van der Waals surface area contributed by atoms with E-state index in [-0.39, 0.29) is 16.8 Å². The lowest BCUT2D eigenvalue weighted by Crippen LogP contribution is -2.34. The SMILES string of the molecule is O=C(Nc1ccc(NC(=S)NC(=O)c2ccccc2Cl)cc1)c1ccco1. The fourth-order valence-electron chi connectivity index (χ4n) is 2.22. The maximum absolute atomic E-state index is 12.2. The molecule has 0 bridgehead atoms. The van der Waals surface area contributed by atoms with Crippen molar-refractivity contribution in [2.45, 2.75) is 0 Å². The predicted molar refractivity (Wildman–Crippen MR) is 108 cm³/mol. The Hall–Kier alpha value is -3.16. The average Bonchev–Trinajstić information content (AvgIpc) is 3.18. The Kier molecular flexibility index (Phi) is 5.85. The van der Waals surface area contributed by atoms with Crippen LogP contribution in [0.1, 0.15) is 20.9 Å². The third kappa shape index (κ3) is 4.93. The summed E-state index contributed by atoms with van der Waals surface area (Å²) in [6.45, 7) is 0. The molecule has 1 heterocycles. The van der Waals surface area contributed by atoms with E-state index in [1.54, 1.807) is 60.7 Å². The van der Waals surface area contributed by atoms with Crippen LogP contribution in [-0.2, 0) is 0 Å². The first-order valence-electron chi connectivity index (χ1n) is 7.85. The summed E-state index contributed by atoms with van der Waals surface area (Å²) in [5.41, 5.74) is 1.57. The normalized spacial score (nSPS) is 10.1. The highest BCUT2D eigenvalue weighted by molar-refractivity contribution is 7.80. The van der Waals surface area contributed by atoms with Gasteiger partial charge in [-0.3, -0.25) is 14.9 Å². The number of nitrogens with one attached hydrogen (secondary N) is 3. The van der Waals surface area contributed by atoms with Gasteiger partial charge in [-0.2, -0.15) is 0 Å². The standard InChI is InChI=1S/C19H14ClN3O3S/c20-15-5-2-1-4-14(15)17(24)23-19(27)22-13-9-7-12(8-10-13)21-18(25)16-6-3-11-26-16/h1-11H,(H,21,25)(H2,22,23,24,27). The smallest absolute Gasteiger partial charge is 0.291 e. The minimum atomic E-state index is -0.402. The second-order valence-corrected chi connectivity index (χ2v) is 6.21. The summed E-state index contributed by atoms with van der Waals surface area (Å²) in [7, 11) is 0. The van der Waals surface area contributed by atoms with Gasteiger partial charge in [0.1, 0.15) is 0 Å². The lowest BCUT2D eigenvalue weighted by Gasteiger charge is -2.11. The molecule has 2 aromatic carbocycles. The Morgan fingerprint density at radius 1 is 0.852 bits per heavy atom. The number of halogens is 1. The number of hydrogen-bond donors (Lipinski definition) is 3. The third-order valence-corrected chi connectivity index (χ3v) is 4.02. The molecule has 136 valence electrons. The van der Waals surface area contributed by atoms with Crippen LogP contribution >= 0.6 is 23.8 Å². The van der Waals surface area contributed by atoms with Crippen LogP contribution < -0.4 is 16.0 Å². The van der Waals surface area contributed by atoms with Gasteiger partial charge in [0.15, 0.2) is 10.9 Å². The van der Waals surface area contributed by atoms with Gasteiger partial charge in [0.05, 0.1) is 16.8 Å². The highest BCUT2D eigenvalue weighted by Gasteiger charge is 2.12. The van der Waals surface area contributed by atoms with Crippen LogP contribution in [0.4, 0.5) is 11.4 Å². The van der Waals surface area contributed by atoms with Crippen LogP contribution in [0, 0.1) is 0 Å². The molecule has 6 nitrogen and oxygen atoms in total. The van der Waals surface area contributed by atoms with Crippen LogP contribution in [-0.4, -0.2) is 16.9 Å². The van der Waals surface area contributed by atoms with Crippen molar-refractivity contribution in [1.82, 2.24) is 5.32 Å². The minimum absolute atomic E-state index is 0.132. The summed E-state index contributed by atoms with van der Waals surface area (Å²) in [5, 5.41) is 8.64. The average molecular weight is 400 g/mol. The molecule has 0 radical (unpaired) electrons. The molecule has 8 heteroatoms. The second-order valence-electron chi connectivity index (χ2n) is 5.40. The number of carbonyl (C=O) groups excluding carboxylic acids is 2. The van der Waals surface area contributed by atoms with Gasteiger partial charge in [-0.15, -0.1) is 0 Å². The molecule has 2 amide bonds. The van der Waals surface area contributed by atoms with Gasteiger partial charge in [-0.1, -0.05) is 23.7 Å². The molecule has 3 rings (SSSR count). The Balaban J connectivity index is 1.56. The maximum atomic E-state index is 12.2. The molecule has 0 atom stereocenters. The van der Waals surface area contributed by atoms with Gasteiger partial charge < -0.3 is 15.1 Å². The lowest BCUT2D eigenvalue weighted by molar-refractivity contribution is 0.0975. The van der Waals surface area contributed by atoms with E-state index in [1.807, 2.05) is 0 Å². The number of anilines is 2. The van der Waals surface area contributed by atoms with Crippen molar-refractivity contribution in [3.05, 3.63) is 83.3 Å². The topological polar surface area (TPSA) is 83.4 Å². The van der Waals surface area contributed by atoms with Crippen molar-refractivity contribution in [2.24, 2.45) is 0 Å². The summed E-state index contributed by atoms with van der Waals surface area (Å²) in [6, 6.07) is 16.7. The fourth-order valence-corrected chi connectivity index (χ4v) is 2.65. The van der Waals surface area contributed by atoms with Crippen molar-refractivity contribution >= 4 is 52.1 Å². The van der Waals surface area contributed by atoms with E-state index in [2.05, 4.69) is 16.0 Å². The zero-order chi connectivity index (χ0) is 19.2. The Morgan fingerprint density at radius 2 is 1.52 bits per heavy atom. The quantitative estimate of drug-likeness (QED) is 0.569. The molecule has 0 saturated carbocycles. The number of amides is 2. The predicted octanol–water partition coefficient (Wildman–Crippen LogP) is 4.31. The maximum Gasteiger partial charge on any atom is 0.291 e. The van der Waals surface area contributed by atoms with Crippen molar-refractivity contribution in [1.29, 1.82) is 0 Å². The van der Waals surface area contributed by atoms with E-state index in [0.29, 0.717) is 22.0 Å². The molecule has 27 heavy (non-hydrogen) atoms. The van der Waals surface area contributed by atoms with Gasteiger partial charge in [0.25, 0.3) is 11.8 Å². The number of carbonyl (C=O) groups is 2. The lowest BCUT2D eigenvalue weighted by atomic mass is 10.2. The van der Waals surface area contributed by atoms with Gasteiger partial charge in [-0.05, 0) is 60.7 Å². The number of furan rings is 1. The monoisotopic (exact) mass is 399 g/mol. The molecule has 0 saturated heterocycles. The number of hydrogen-bond acceptors (Lipinski definition) is 4. The number of rotatable bonds is 4. The molecule has 0 aliphatic carbocycles. The Morgan fingerprint density at radius 3 is 2.15 bits per heavy atom. The molecule has 0 spiro atoms. The van der Waals surface area contributed by atoms with Crippen LogP contribution in [0.3, 0.4) is 0 Å². The van der Waals surface area contributed by atoms with Crippen molar-refractivity contribution < 1.29 is 14.0 Å². The summed E-state index contributed by atoms with van der Waals surface area (Å²) in [5.74, 6) is -0.524. The van der Waals surface area contributed by atoms with Crippen LogP contribution in [0.2, 0.25) is 5.02 Å². The summed E-state index contributed by atoms with van der Waals surface area (Å²) < 4.78 is 5.03. The Labute approximate surface area is 165 Å². The highest BCUT2D eigenvalue weighted by Crippen LogP contribution is 2.16. The van der Waals surface area contributed by atoms with Crippen LogP contribution in [0.25, 0.3) is 0 Å². The molecular weight excluding hydrogens is 386 g/mol. The molecule has 0 aliphatic rings. The molecule has 0 unspecified atom stereocenters. The van der Waals surface area contributed by atoms with Gasteiger partial charge in [-0.25, -0.2) is 0 Å². The second kappa shape index (κ2) is 8.48. The largest absolute Gasteiger partial charge is 0.459 e. The van der Waals surface area contributed by atoms with Crippen molar-refractivity contribution in [3.63, 3.8) is 0 Å². The summed E-state index contributed by atoms with van der Waals surface area (Å²) in [6.07, 6.45) is 1.43. The van der Waals surface area contributed by atoms with Crippen LogP contribution in [0.15, 0.2) is 71.3 Å². The summed E-state index contributed by atoms with van der Waals surface area (Å²) >= 11 is 11.1. The highest BCUT2D eigenvalue weighted by atomic mass is 35.5. The molecule has 0 fully saturated rings. The number of benzene rings is 2. The molecular formula is C19H14ClN3O3S. The zero-order valence-electron chi connectivity index (χ0n) is 13.9. The third-order valence-electron chi connectivity index (χ3n) is 3.49. The van der Waals surface area contributed by atoms with E-state index in [1.165, 1.54) is 6.26 Å². The van der Waals surface area contributed by atoms with Crippen molar-refractivity contribution in [2.75, 3.05) is 10.6 Å². The van der Waals surface area contributed by atoms with Gasteiger partial charge in [0, 0.05) is 11.4 Å². The van der Waals surface area contributed by atoms with E-state index in [0.717, 1.165) is 0 Å². The molecule has 3 aromatic rings. The fraction of sp³-hybridized carbons (Fsp3) is 0. The Bertz CT molecular complexity index is 972. The molecule has 1 aromatic heterocycles. The molecule has 0 aliphatic heterocycles.